The highest BCUT2D eigenvalue weighted by Crippen LogP contribution is 2.39. The lowest BCUT2D eigenvalue weighted by molar-refractivity contribution is 0.173. The fourth-order valence-corrected chi connectivity index (χ4v) is 4.41. The van der Waals surface area contributed by atoms with Crippen LogP contribution in [0.1, 0.15) is 24.4 Å². The standard InChI is InChI=1S/C21H21ClN4O2S/c1-24-20(14-4-7-16(22)8-5-14)23-26(21(24)29)12-25-10-2-3-17(25)15-6-9-18-19(11-15)28-13-27-18/h4-9,11,17H,2-3,10,12-13H2,1H3. The fraction of sp³-hybridized carbons (Fsp3) is 0.333. The molecule has 0 aliphatic carbocycles. The number of rotatable bonds is 4. The van der Waals surface area contributed by atoms with Gasteiger partial charge in [-0.05, 0) is 67.0 Å². The minimum Gasteiger partial charge on any atom is -0.454 e. The van der Waals surface area contributed by atoms with Gasteiger partial charge in [0.15, 0.2) is 22.1 Å². The molecule has 1 atom stereocenters. The normalized spacial score (nSPS) is 18.5. The topological polar surface area (TPSA) is 44.5 Å². The Hall–Kier alpha value is -2.35. The van der Waals surface area contributed by atoms with Crippen LogP contribution >= 0.6 is 23.8 Å². The Morgan fingerprint density at radius 1 is 1.14 bits per heavy atom. The zero-order valence-electron chi connectivity index (χ0n) is 16.0. The molecular formula is C21H21ClN4O2S. The molecule has 150 valence electrons. The summed E-state index contributed by atoms with van der Waals surface area (Å²) >= 11 is 11.7. The van der Waals surface area contributed by atoms with Gasteiger partial charge in [0, 0.05) is 30.2 Å². The van der Waals surface area contributed by atoms with Gasteiger partial charge in [0.25, 0.3) is 0 Å². The molecule has 0 N–H and O–H groups in total. The quantitative estimate of drug-likeness (QED) is 0.559. The van der Waals surface area contributed by atoms with Crippen molar-refractivity contribution in [2.45, 2.75) is 25.6 Å². The fourth-order valence-electron chi connectivity index (χ4n) is 4.10. The second kappa shape index (κ2) is 7.48. The van der Waals surface area contributed by atoms with Crippen molar-refractivity contribution in [2.24, 2.45) is 7.05 Å². The molecule has 6 nitrogen and oxygen atoms in total. The molecule has 2 aromatic carbocycles. The summed E-state index contributed by atoms with van der Waals surface area (Å²) in [6.45, 7) is 1.96. The molecule has 8 heteroatoms. The first kappa shape index (κ1) is 18.7. The van der Waals surface area contributed by atoms with Crippen LogP contribution in [-0.4, -0.2) is 32.6 Å². The second-order valence-corrected chi connectivity index (χ2v) is 8.20. The van der Waals surface area contributed by atoms with E-state index in [2.05, 4.69) is 17.0 Å². The summed E-state index contributed by atoms with van der Waals surface area (Å²) in [5.74, 6) is 2.48. The number of halogens is 1. The van der Waals surface area contributed by atoms with Crippen LogP contribution in [0.3, 0.4) is 0 Å². The van der Waals surface area contributed by atoms with Crippen molar-refractivity contribution in [1.29, 1.82) is 0 Å². The van der Waals surface area contributed by atoms with Gasteiger partial charge in [-0.3, -0.25) is 4.90 Å². The summed E-state index contributed by atoms with van der Waals surface area (Å²) in [6, 6.07) is 14.2. The number of likely N-dealkylation sites (tertiary alicyclic amines) is 1. The van der Waals surface area contributed by atoms with E-state index in [1.165, 1.54) is 5.56 Å². The first-order chi connectivity index (χ1) is 14.1. The first-order valence-corrected chi connectivity index (χ1v) is 10.4. The van der Waals surface area contributed by atoms with E-state index in [9.17, 15) is 0 Å². The van der Waals surface area contributed by atoms with Crippen LogP contribution in [-0.2, 0) is 13.7 Å². The highest BCUT2D eigenvalue weighted by Gasteiger charge is 2.28. The van der Waals surface area contributed by atoms with Crippen LogP contribution < -0.4 is 9.47 Å². The number of aromatic nitrogens is 3. The van der Waals surface area contributed by atoms with E-state index in [0.717, 1.165) is 42.3 Å². The van der Waals surface area contributed by atoms with E-state index < -0.39 is 0 Å². The molecule has 0 spiro atoms. The van der Waals surface area contributed by atoms with Gasteiger partial charge < -0.3 is 14.0 Å². The van der Waals surface area contributed by atoms with E-state index in [-0.39, 0.29) is 0 Å². The number of benzene rings is 2. The monoisotopic (exact) mass is 428 g/mol. The Bertz CT molecular complexity index is 1110. The summed E-state index contributed by atoms with van der Waals surface area (Å²) in [5.41, 5.74) is 2.24. The van der Waals surface area contributed by atoms with Crippen molar-refractivity contribution < 1.29 is 9.47 Å². The van der Waals surface area contributed by atoms with Crippen LogP contribution in [0, 0.1) is 4.77 Å². The summed E-state index contributed by atoms with van der Waals surface area (Å²) < 4.78 is 15.6. The van der Waals surface area contributed by atoms with E-state index >= 15 is 0 Å². The highest BCUT2D eigenvalue weighted by atomic mass is 35.5. The minimum absolute atomic E-state index is 0.295. The Morgan fingerprint density at radius 2 is 1.93 bits per heavy atom. The van der Waals surface area contributed by atoms with E-state index in [1.807, 2.05) is 46.6 Å². The van der Waals surface area contributed by atoms with E-state index in [0.29, 0.717) is 29.3 Å². The van der Waals surface area contributed by atoms with Crippen molar-refractivity contribution in [3.8, 4) is 22.9 Å². The van der Waals surface area contributed by atoms with Gasteiger partial charge in [-0.2, -0.15) is 5.10 Å². The Labute approximate surface area is 179 Å². The lowest BCUT2D eigenvalue weighted by atomic mass is 10.0. The average molecular weight is 429 g/mol. The smallest absolute Gasteiger partial charge is 0.231 e. The zero-order chi connectivity index (χ0) is 20.0. The van der Waals surface area contributed by atoms with Gasteiger partial charge in [0.05, 0.1) is 6.67 Å². The minimum atomic E-state index is 0.295. The van der Waals surface area contributed by atoms with Crippen molar-refractivity contribution >= 4 is 23.8 Å². The molecule has 0 saturated carbocycles. The van der Waals surface area contributed by atoms with Gasteiger partial charge in [-0.15, -0.1) is 0 Å². The maximum atomic E-state index is 6.02. The summed E-state index contributed by atoms with van der Waals surface area (Å²) in [6.07, 6.45) is 2.24. The van der Waals surface area contributed by atoms with Crippen molar-refractivity contribution in [3.63, 3.8) is 0 Å². The lowest BCUT2D eigenvalue weighted by Crippen LogP contribution is -2.27. The molecule has 2 aliphatic heterocycles. The SMILES string of the molecule is Cn1c(-c2ccc(Cl)cc2)nn(CN2CCCC2c2ccc3c(c2)OCO3)c1=S. The second-order valence-electron chi connectivity index (χ2n) is 7.40. The highest BCUT2D eigenvalue weighted by molar-refractivity contribution is 7.71. The predicted octanol–water partition coefficient (Wildman–Crippen LogP) is 4.79. The summed E-state index contributed by atoms with van der Waals surface area (Å²) in [4.78, 5) is 2.42. The largest absolute Gasteiger partial charge is 0.454 e. The van der Waals surface area contributed by atoms with E-state index in [1.54, 1.807) is 0 Å². The summed E-state index contributed by atoms with van der Waals surface area (Å²) in [7, 11) is 1.95. The maximum absolute atomic E-state index is 6.02. The van der Waals surface area contributed by atoms with Crippen molar-refractivity contribution in [2.75, 3.05) is 13.3 Å². The molecule has 0 bridgehead atoms. The molecule has 1 aromatic heterocycles. The van der Waals surface area contributed by atoms with Gasteiger partial charge in [-0.1, -0.05) is 17.7 Å². The molecule has 1 unspecified atom stereocenters. The van der Waals surface area contributed by atoms with Crippen molar-refractivity contribution in [3.05, 3.63) is 57.8 Å². The van der Waals surface area contributed by atoms with Crippen LogP contribution in [0.2, 0.25) is 5.02 Å². The van der Waals surface area contributed by atoms with Crippen LogP contribution in [0.15, 0.2) is 42.5 Å². The number of hydrogen-bond donors (Lipinski definition) is 0. The molecule has 0 radical (unpaired) electrons. The number of ether oxygens (including phenoxy) is 2. The molecule has 0 amide bonds. The van der Waals surface area contributed by atoms with Crippen LogP contribution in [0.25, 0.3) is 11.4 Å². The molecular weight excluding hydrogens is 408 g/mol. The predicted molar refractivity (Wildman–Crippen MR) is 114 cm³/mol. The van der Waals surface area contributed by atoms with Gasteiger partial charge in [0.1, 0.15) is 0 Å². The van der Waals surface area contributed by atoms with Gasteiger partial charge >= 0.3 is 0 Å². The van der Waals surface area contributed by atoms with Gasteiger partial charge in [-0.25, -0.2) is 4.68 Å². The van der Waals surface area contributed by atoms with Crippen molar-refractivity contribution in [1.82, 2.24) is 19.2 Å². The third-order valence-corrected chi connectivity index (χ3v) is 6.34. The number of nitrogens with zero attached hydrogens (tertiary/aromatic N) is 4. The Balaban J connectivity index is 1.41. The molecule has 5 rings (SSSR count). The molecule has 1 fully saturated rings. The third-order valence-electron chi connectivity index (χ3n) is 5.60. The molecule has 3 heterocycles. The molecule has 1 saturated heterocycles. The zero-order valence-corrected chi connectivity index (χ0v) is 17.6. The molecule has 2 aliphatic rings. The Morgan fingerprint density at radius 3 is 2.76 bits per heavy atom. The first-order valence-electron chi connectivity index (χ1n) is 9.63. The van der Waals surface area contributed by atoms with E-state index in [4.69, 9.17) is 38.4 Å². The number of fused-ring (bicyclic) bond motifs is 1. The summed E-state index contributed by atoms with van der Waals surface area (Å²) in [5, 5.41) is 5.51. The maximum Gasteiger partial charge on any atom is 0.231 e. The van der Waals surface area contributed by atoms with Crippen LogP contribution in [0.5, 0.6) is 11.5 Å². The number of hydrogen-bond acceptors (Lipinski definition) is 5. The third kappa shape index (κ3) is 3.43. The molecule has 3 aromatic rings. The Kier molecular flexibility index (Phi) is 4.81. The lowest BCUT2D eigenvalue weighted by Gasteiger charge is -2.24. The molecule has 29 heavy (non-hydrogen) atoms. The van der Waals surface area contributed by atoms with Crippen LogP contribution in [0.4, 0.5) is 0 Å². The average Bonchev–Trinajstić information content (AvgIpc) is 3.44. The van der Waals surface area contributed by atoms with Gasteiger partial charge in [0.2, 0.25) is 6.79 Å².